The molecule has 3 heterocycles. The van der Waals surface area contributed by atoms with Crippen LogP contribution in [0.25, 0.3) is 27.4 Å². The summed E-state index contributed by atoms with van der Waals surface area (Å²) in [6.45, 7) is 0. The molecule has 30 heavy (non-hydrogen) atoms. The third-order valence-corrected chi connectivity index (χ3v) is 5.80. The highest BCUT2D eigenvalue weighted by atomic mass is 32.2. The molecule has 0 fully saturated rings. The first kappa shape index (κ1) is 20.2. The van der Waals surface area contributed by atoms with Gasteiger partial charge < -0.3 is 0 Å². The molecule has 7 nitrogen and oxygen atoms in total. The lowest BCUT2D eigenvalue weighted by Gasteiger charge is -2.08. The lowest BCUT2D eigenvalue weighted by atomic mass is 10.1. The van der Waals surface area contributed by atoms with Gasteiger partial charge in [0.05, 0.1) is 28.0 Å². The van der Waals surface area contributed by atoms with Crippen LogP contribution in [-0.4, -0.2) is 28.2 Å². The molecule has 0 aliphatic rings. The van der Waals surface area contributed by atoms with Gasteiger partial charge in [-0.15, -0.1) is 11.3 Å². The number of alkyl halides is 3. The van der Waals surface area contributed by atoms with Crippen molar-refractivity contribution >= 4 is 21.4 Å². The SMILES string of the molecule is NS(=O)(=O)c1ccc(-n2nc(C(F)(F)F)cc2-c2ccc(-c3cncs3)cc2)cn1. The van der Waals surface area contributed by atoms with Crippen LogP contribution in [0.3, 0.4) is 0 Å². The van der Waals surface area contributed by atoms with E-state index >= 15 is 0 Å². The maximum Gasteiger partial charge on any atom is 0.435 e. The van der Waals surface area contributed by atoms with E-state index in [-0.39, 0.29) is 11.4 Å². The average Bonchev–Trinajstić information content (AvgIpc) is 3.37. The van der Waals surface area contributed by atoms with Crippen LogP contribution in [0, 0.1) is 0 Å². The molecule has 0 aliphatic carbocycles. The smallest absolute Gasteiger partial charge is 0.252 e. The average molecular weight is 451 g/mol. The number of thiazole rings is 1. The maximum absolute atomic E-state index is 13.3. The monoisotopic (exact) mass is 451 g/mol. The first-order chi connectivity index (χ1) is 14.1. The summed E-state index contributed by atoms with van der Waals surface area (Å²) in [5, 5.41) is 8.27. The number of rotatable bonds is 4. The molecular formula is C18H12F3N5O2S2. The van der Waals surface area contributed by atoms with Gasteiger partial charge in [-0.2, -0.15) is 18.3 Å². The highest BCUT2D eigenvalue weighted by molar-refractivity contribution is 7.89. The van der Waals surface area contributed by atoms with E-state index < -0.39 is 26.9 Å². The molecule has 12 heteroatoms. The van der Waals surface area contributed by atoms with Crippen LogP contribution in [0.5, 0.6) is 0 Å². The Hall–Kier alpha value is -3.09. The highest BCUT2D eigenvalue weighted by Crippen LogP contribution is 2.34. The van der Waals surface area contributed by atoms with Gasteiger partial charge in [0.1, 0.15) is 0 Å². The summed E-state index contributed by atoms with van der Waals surface area (Å²) in [6, 6.07) is 10.2. The van der Waals surface area contributed by atoms with Crippen molar-refractivity contribution < 1.29 is 21.6 Å². The van der Waals surface area contributed by atoms with E-state index in [9.17, 15) is 21.6 Å². The first-order valence-corrected chi connectivity index (χ1v) is 10.7. The highest BCUT2D eigenvalue weighted by Gasteiger charge is 2.35. The van der Waals surface area contributed by atoms with Crippen LogP contribution in [0.15, 0.2) is 65.4 Å². The van der Waals surface area contributed by atoms with Crippen molar-refractivity contribution in [2.45, 2.75) is 11.2 Å². The summed E-state index contributed by atoms with van der Waals surface area (Å²) < 4.78 is 63.7. The van der Waals surface area contributed by atoms with Crippen LogP contribution in [0.1, 0.15) is 5.69 Å². The van der Waals surface area contributed by atoms with Crippen molar-refractivity contribution in [2.75, 3.05) is 0 Å². The number of benzene rings is 1. The Balaban J connectivity index is 1.80. The molecule has 4 rings (SSSR count). The van der Waals surface area contributed by atoms with Gasteiger partial charge in [-0.25, -0.2) is 23.2 Å². The fraction of sp³-hybridized carbons (Fsp3) is 0.0556. The number of halogens is 3. The van der Waals surface area contributed by atoms with E-state index in [0.29, 0.717) is 5.56 Å². The maximum atomic E-state index is 13.3. The molecule has 4 aromatic rings. The Labute approximate surface area is 172 Å². The molecule has 0 unspecified atom stereocenters. The Morgan fingerprint density at radius 2 is 1.70 bits per heavy atom. The largest absolute Gasteiger partial charge is 0.435 e. The molecule has 0 saturated carbocycles. The van der Waals surface area contributed by atoms with Gasteiger partial charge in [0.15, 0.2) is 10.7 Å². The van der Waals surface area contributed by atoms with Crippen molar-refractivity contribution in [3.8, 4) is 27.4 Å². The molecule has 2 N–H and O–H groups in total. The van der Waals surface area contributed by atoms with E-state index in [1.165, 1.54) is 17.4 Å². The minimum atomic E-state index is -4.66. The van der Waals surface area contributed by atoms with E-state index in [1.807, 2.05) is 0 Å². The van der Waals surface area contributed by atoms with Crippen LogP contribution in [-0.2, 0) is 16.2 Å². The van der Waals surface area contributed by atoms with Crippen molar-refractivity contribution in [3.63, 3.8) is 0 Å². The summed E-state index contributed by atoms with van der Waals surface area (Å²) in [5.41, 5.74) is 2.29. The Bertz CT molecular complexity index is 1280. The molecule has 3 aromatic heterocycles. The Morgan fingerprint density at radius 3 is 2.23 bits per heavy atom. The van der Waals surface area contributed by atoms with Crippen molar-refractivity contribution in [1.82, 2.24) is 19.7 Å². The van der Waals surface area contributed by atoms with Gasteiger partial charge in [0, 0.05) is 11.8 Å². The van der Waals surface area contributed by atoms with Gasteiger partial charge in [-0.05, 0) is 23.8 Å². The number of nitrogens with two attached hydrogens (primary N) is 1. The number of aromatic nitrogens is 4. The molecule has 154 valence electrons. The predicted molar refractivity (Wildman–Crippen MR) is 104 cm³/mol. The lowest BCUT2D eigenvalue weighted by molar-refractivity contribution is -0.141. The summed E-state index contributed by atoms with van der Waals surface area (Å²) in [7, 11) is -4.03. The zero-order valence-corrected chi connectivity index (χ0v) is 16.5. The molecule has 0 atom stereocenters. The number of hydrogen-bond acceptors (Lipinski definition) is 6. The van der Waals surface area contributed by atoms with Crippen LogP contribution in [0.4, 0.5) is 13.2 Å². The third-order valence-electron chi connectivity index (χ3n) is 4.15. The van der Waals surface area contributed by atoms with Crippen molar-refractivity contribution in [3.05, 3.63) is 66.1 Å². The minimum absolute atomic E-state index is 0.152. The zero-order valence-electron chi connectivity index (χ0n) is 14.9. The molecule has 1 aromatic carbocycles. The van der Waals surface area contributed by atoms with Gasteiger partial charge in [0.2, 0.25) is 0 Å². The number of sulfonamides is 1. The Morgan fingerprint density at radius 1 is 1.00 bits per heavy atom. The summed E-state index contributed by atoms with van der Waals surface area (Å²) in [6.07, 6.45) is -1.86. The quantitative estimate of drug-likeness (QED) is 0.509. The van der Waals surface area contributed by atoms with E-state index in [1.54, 1.807) is 36.0 Å². The fourth-order valence-electron chi connectivity index (χ4n) is 2.75. The summed E-state index contributed by atoms with van der Waals surface area (Å²) in [5.74, 6) is 0. The number of nitrogens with zero attached hydrogens (tertiary/aromatic N) is 4. The molecule has 0 amide bonds. The molecule has 0 saturated heterocycles. The van der Waals surface area contributed by atoms with Crippen molar-refractivity contribution in [1.29, 1.82) is 0 Å². The molecular weight excluding hydrogens is 439 g/mol. The number of hydrogen-bond donors (Lipinski definition) is 1. The van der Waals surface area contributed by atoms with Gasteiger partial charge >= 0.3 is 6.18 Å². The second-order valence-corrected chi connectivity index (χ2v) is 8.56. The fourth-order valence-corrected chi connectivity index (χ4v) is 3.84. The molecule has 0 bridgehead atoms. The molecule has 0 radical (unpaired) electrons. The minimum Gasteiger partial charge on any atom is -0.252 e. The summed E-state index contributed by atoms with van der Waals surface area (Å²) >= 11 is 1.44. The van der Waals surface area contributed by atoms with Gasteiger partial charge in [-0.1, -0.05) is 24.3 Å². The molecule has 0 aliphatic heterocycles. The van der Waals surface area contributed by atoms with Crippen LogP contribution < -0.4 is 5.14 Å². The van der Waals surface area contributed by atoms with Gasteiger partial charge in [-0.3, -0.25) is 4.98 Å². The zero-order chi connectivity index (χ0) is 21.5. The summed E-state index contributed by atoms with van der Waals surface area (Å²) in [4.78, 5) is 8.65. The molecule has 0 spiro atoms. The van der Waals surface area contributed by atoms with E-state index in [0.717, 1.165) is 33.5 Å². The van der Waals surface area contributed by atoms with E-state index in [4.69, 9.17) is 5.14 Å². The standard InChI is InChI=1S/C18H12F3N5O2S2/c19-18(20,21)16-7-14(11-1-3-12(4-2-11)15-9-23-10-29-15)26(25-16)13-5-6-17(24-8-13)30(22,27)28/h1-10H,(H2,22,27,28). The van der Waals surface area contributed by atoms with Gasteiger partial charge in [0.25, 0.3) is 10.0 Å². The third kappa shape index (κ3) is 3.97. The first-order valence-electron chi connectivity index (χ1n) is 8.29. The second-order valence-electron chi connectivity index (χ2n) is 6.17. The normalized spacial score (nSPS) is 12.3. The number of primary sulfonamides is 1. The predicted octanol–water partition coefficient (Wildman–Crippen LogP) is 3.72. The number of pyridine rings is 1. The van der Waals surface area contributed by atoms with Crippen molar-refractivity contribution in [2.24, 2.45) is 5.14 Å². The van der Waals surface area contributed by atoms with Crippen LogP contribution in [0.2, 0.25) is 0 Å². The lowest BCUT2D eigenvalue weighted by Crippen LogP contribution is -2.14. The second kappa shape index (κ2) is 7.31. The van der Waals surface area contributed by atoms with Crippen LogP contribution >= 0.6 is 11.3 Å². The Kier molecular flexibility index (Phi) is 4.92. The van der Waals surface area contributed by atoms with E-state index in [2.05, 4.69) is 15.1 Å². The topological polar surface area (TPSA) is 104 Å².